The monoisotopic (exact) mass is 360 g/mol. The average molecular weight is 361 g/mol. The Kier molecular flexibility index (Phi) is 6.54. The van der Waals surface area contributed by atoms with Crippen LogP contribution in [0.4, 0.5) is 5.69 Å². The summed E-state index contributed by atoms with van der Waals surface area (Å²) in [5.41, 5.74) is 1.99. The van der Waals surface area contributed by atoms with Crippen LogP contribution in [-0.4, -0.2) is 30.9 Å². The zero-order chi connectivity index (χ0) is 18.2. The first-order valence-electron chi connectivity index (χ1n) is 7.50. The summed E-state index contributed by atoms with van der Waals surface area (Å²) in [5.74, 6) is -1.59. The molecule has 0 saturated carbocycles. The molecule has 7 heteroatoms. The van der Waals surface area contributed by atoms with Gasteiger partial charge in [-0.15, -0.1) is 0 Å². The number of rotatable bonds is 6. The Balaban J connectivity index is 1.72. The van der Waals surface area contributed by atoms with Crippen LogP contribution in [0.3, 0.4) is 0 Å². The zero-order valence-corrected chi connectivity index (χ0v) is 14.3. The van der Waals surface area contributed by atoms with Crippen LogP contribution in [0.1, 0.15) is 15.9 Å². The number of esters is 1. The third kappa shape index (κ3) is 6.27. The smallest absolute Gasteiger partial charge is 0.325 e. The number of halogens is 1. The highest BCUT2D eigenvalue weighted by Crippen LogP contribution is 2.10. The predicted molar refractivity (Wildman–Crippen MR) is 94.6 cm³/mol. The molecule has 2 aromatic carbocycles. The molecule has 2 N–H and O–H groups in total. The molecule has 0 aliphatic carbocycles. The Morgan fingerprint density at radius 3 is 2.48 bits per heavy atom. The number of benzene rings is 2. The Labute approximate surface area is 150 Å². The van der Waals surface area contributed by atoms with E-state index in [4.69, 9.17) is 16.3 Å². The first kappa shape index (κ1) is 18.5. The normalized spacial score (nSPS) is 10.0. The maximum absolute atomic E-state index is 11.8. The third-order valence-corrected chi connectivity index (χ3v) is 3.42. The molecule has 0 unspecified atom stereocenters. The predicted octanol–water partition coefficient (Wildman–Crippen LogP) is 2.56. The van der Waals surface area contributed by atoms with Crippen LogP contribution in [0.5, 0.6) is 0 Å². The summed E-state index contributed by atoms with van der Waals surface area (Å²) < 4.78 is 4.82. The van der Waals surface area contributed by atoms with Gasteiger partial charge in [0, 0.05) is 16.3 Å². The first-order valence-corrected chi connectivity index (χ1v) is 7.88. The standard InChI is InChI=1S/C18H17ClN2O4/c1-12-3-2-4-15(9-12)21-16(22)11-25-17(23)10-20-18(24)13-5-7-14(19)8-6-13/h2-9H,10-11H2,1H3,(H,20,24)(H,21,22). The summed E-state index contributed by atoms with van der Waals surface area (Å²) in [5, 5.41) is 5.54. The van der Waals surface area contributed by atoms with Gasteiger partial charge in [-0.1, -0.05) is 23.7 Å². The van der Waals surface area contributed by atoms with Crippen molar-refractivity contribution >= 4 is 35.1 Å². The van der Waals surface area contributed by atoms with Gasteiger partial charge in [-0.3, -0.25) is 14.4 Å². The summed E-state index contributed by atoms with van der Waals surface area (Å²) in [6, 6.07) is 13.5. The average Bonchev–Trinajstić information content (AvgIpc) is 2.58. The lowest BCUT2D eigenvalue weighted by Crippen LogP contribution is -2.32. The van der Waals surface area contributed by atoms with Gasteiger partial charge in [-0.05, 0) is 48.9 Å². The van der Waals surface area contributed by atoms with Crippen LogP contribution in [-0.2, 0) is 14.3 Å². The molecule has 2 amide bonds. The van der Waals surface area contributed by atoms with E-state index in [2.05, 4.69) is 10.6 Å². The Bertz CT molecular complexity index is 775. The van der Waals surface area contributed by atoms with Crippen LogP contribution < -0.4 is 10.6 Å². The van der Waals surface area contributed by atoms with Gasteiger partial charge in [0.15, 0.2) is 6.61 Å². The fraction of sp³-hybridized carbons (Fsp3) is 0.167. The minimum Gasteiger partial charge on any atom is -0.454 e. The van der Waals surface area contributed by atoms with E-state index in [0.717, 1.165) is 5.56 Å². The lowest BCUT2D eigenvalue weighted by molar-refractivity contribution is -0.146. The molecule has 0 bridgehead atoms. The number of nitrogens with one attached hydrogen (secondary N) is 2. The Hall–Kier alpha value is -2.86. The van der Waals surface area contributed by atoms with Gasteiger partial charge < -0.3 is 15.4 Å². The van der Waals surface area contributed by atoms with Gasteiger partial charge in [0.05, 0.1) is 0 Å². The SMILES string of the molecule is Cc1cccc(NC(=O)COC(=O)CNC(=O)c2ccc(Cl)cc2)c1. The molecular weight excluding hydrogens is 344 g/mol. The highest BCUT2D eigenvalue weighted by molar-refractivity contribution is 6.30. The third-order valence-electron chi connectivity index (χ3n) is 3.17. The second-order valence-electron chi connectivity index (χ2n) is 5.27. The number of amides is 2. The van der Waals surface area contributed by atoms with Gasteiger partial charge in [0.2, 0.25) is 0 Å². The largest absolute Gasteiger partial charge is 0.454 e. The summed E-state index contributed by atoms with van der Waals surface area (Å²) in [6.45, 7) is 1.14. The van der Waals surface area contributed by atoms with Crippen molar-refractivity contribution in [2.75, 3.05) is 18.5 Å². The Morgan fingerprint density at radius 1 is 1.08 bits per heavy atom. The van der Waals surface area contributed by atoms with Gasteiger partial charge in [-0.25, -0.2) is 0 Å². The van der Waals surface area contributed by atoms with Crippen molar-refractivity contribution in [3.05, 3.63) is 64.7 Å². The van der Waals surface area contributed by atoms with Crippen molar-refractivity contribution in [1.82, 2.24) is 5.32 Å². The molecule has 0 spiro atoms. The number of anilines is 1. The maximum Gasteiger partial charge on any atom is 0.325 e. The number of ether oxygens (including phenoxy) is 1. The zero-order valence-electron chi connectivity index (χ0n) is 13.5. The molecule has 6 nitrogen and oxygen atoms in total. The molecule has 0 aromatic heterocycles. The second-order valence-corrected chi connectivity index (χ2v) is 5.70. The summed E-state index contributed by atoms with van der Waals surface area (Å²) in [4.78, 5) is 35.2. The van der Waals surface area contributed by atoms with E-state index < -0.39 is 24.4 Å². The lowest BCUT2D eigenvalue weighted by Gasteiger charge is -2.08. The number of hydrogen-bond acceptors (Lipinski definition) is 4. The number of carbonyl (C=O) groups excluding carboxylic acids is 3. The molecule has 2 aromatic rings. The molecule has 0 aliphatic heterocycles. The van der Waals surface area contributed by atoms with Crippen LogP contribution in [0.15, 0.2) is 48.5 Å². The van der Waals surface area contributed by atoms with Crippen molar-refractivity contribution in [2.45, 2.75) is 6.92 Å². The van der Waals surface area contributed by atoms with Crippen LogP contribution in [0, 0.1) is 6.92 Å². The molecule has 0 heterocycles. The summed E-state index contributed by atoms with van der Waals surface area (Å²) in [6.07, 6.45) is 0. The molecule has 0 atom stereocenters. The maximum atomic E-state index is 11.8. The number of carbonyl (C=O) groups is 3. The van der Waals surface area contributed by atoms with Crippen molar-refractivity contribution in [3.63, 3.8) is 0 Å². The lowest BCUT2D eigenvalue weighted by atomic mass is 10.2. The molecule has 0 saturated heterocycles. The summed E-state index contributed by atoms with van der Waals surface area (Å²) in [7, 11) is 0. The minimum atomic E-state index is -0.707. The van der Waals surface area contributed by atoms with Crippen LogP contribution >= 0.6 is 11.6 Å². The van der Waals surface area contributed by atoms with E-state index in [-0.39, 0.29) is 6.54 Å². The highest BCUT2D eigenvalue weighted by atomic mass is 35.5. The molecule has 25 heavy (non-hydrogen) atoms. The van der Waals surface area contributed by atoms with E-state index in [1.165, 1.54) is 12.1 Å². The van der Waals surface area contributed by atoms with Gasteiger partial charge >= 0.3 is 5.97 Å². The van der Waals surface area contributed by atoms with E-state index in [1.807, 2.05) is 19.1 Å². The quantitative estimate of drug-likeness (QED) is 0.775. The van der Waals surface area contributed by atoms with Crippen LogP contribution in [0.2, 0.25) is 5.02 Å². The first-order chi connectivity index (χ1) is 11.9. The van der Waals surface area contributed by atoms with Crippen molar-refractivity contribution < 1.29 is 19.1 Å². The van der Waals surface area contributed by atoms with Crippen molar-refractivity contribution in [1.29, 1.82) is 0 Å². The Morgan fingerprint density at radius 2 is 1.80 bits per heavy atom. The molecule has 130 valence electrons. The van der Waals surface area contributed by atoms with Crippen molar-refractivity contribution in [2.24, 2.45) is 0 Å². The number of hydrogen-bond donors (Lipinski definition) is 2. The molecular formula is C18H17ClN2O4. The topological polar surface area (TPSA) is 84.5 Å². The number of aryl methyl sites for hydroxylation is 1. The molecule has 2 rings (SSSR count). The van der Waals surface area contributed by atoms with E-state index >= 15 is 0 Å². The fourth-order valence-electron chi connectivity index (χ4n) is 1.97. The molecule has 0 aliphatic rings. The minimum absolute atomic E-state index is 0.334. The molecule has 0 radical (unpaired) electrons. The van der Waals surface area contributed by atoms with Crippen LogP contribution in [0.25, 0.3) is 0 Å². The van der Waals surface area contributed by atoms with E-state index in [1.54, 1.807) is 24.3 Å². The second kappa shape index (κ2) is 8.84. The fourth-order valence-corrected chi connectivity index (χ4v) is 2.10. The van der Waals surface area contributed by atoms with E-state index in [9.17, 15) is 14.4 Å². The highest BCUT2D eigenvalue weighted by Gasteiger charge is 2.11. The summed E-state index contributed by atoms with van der Waals surface area (Å²) >= 11 is 5.74. The van der Waals surface area contributed by atoms with Gasteiger partial charge in [0.25, 0.3) is 11.8 Å². The van der Waals surface area contributed by atoms with Gasteiger partial charge in [-0.2, -0.15) is 0 Å². The van der Waals surface area contributed by atoms with Gasteiger partial charge in [0.1, 0.15) is 6.54 Å². The van der Waals surface area contributed by atoms with Crippen molar-refractivity contribution in [3.8, 4) is 0 Å². The van der Waals surface area contributed by atoms with E-state index in [0.29, 0.717) is 16.3 Å². The molecule has 0 fully saturated rings.